The van der Waals surface area contributed by atoms with Crippen LogP contribution in [0.4, 0.5) is 24.5 Å². The predicted molar refractivity (Wildman–Crippen MR) is 96.8 cm³/mol. The number of hydrogen-bond acceptors (Lipinski definition) is 4. The fraction of sp³-hybridized carbons (Fsp3) is 0.400. The number of anilines is 2. The molecule has 0 atom stereocenters. The Hall–Kier alpha value is -2.25. The van der Waals surface area contributed by atoms with Gasteiger partial charge in [0.15, 0.2) is 11.5 Å². The van der Waals surface area contributed by atoms with E-state index in [1.54, 1.807) is 0 Å². The molecule has 1 saturated heterocycles. The number of halogens is 3. The number of morpholine rings is 1. The van der Waals surface area contributed by atoms with Gasteiger partial charge in [0.1, 0.15) is 0 Å². The quantitative estimate of drug-likeness (QED) is 0.772. The zero-order valence-corrected chi connectivity index (χ0v) is 14.8. The Bertz CT molecular complexity index is 804. The van der Waals surface area contributed by atoms with Crippen molar-refractivity contribution in [3.63, 3.8) is 0 Å². The molecule has 1 fully saturated rings. The van der Waals surface area contributed by atoms with Crippen molar-refractivity contribution in [1.29, 1.82) is 0 Å². The van der Waals surface area contributed by atoms with Crippen LogP contribution in [0.5, 0.6) is 11.5 Å². The van der Waals surface area contributed by atoms with Crippen molar-refractivity contribution in [2.24, 2.45) is 0 Å². The summed E-state index contributed by atoms with van der Waals surface area (Å²) in [7, 11) is 0. The van der Waals surface area contributed by atoms with Gasteiger partial charge in [-0.05, 0) is 36.8 Å². The second-order valence-corrected chi connectivity index (χ2v) is 6.71. The Morgan fingerprint density at radius 1 is 0.889 bits per heavy atom. The van der Waals surface area contributed by atoms with E-state index < -0.39 is 11.7 Å². The van der Waals surface area contributed by atoms with Crippen LogP contribution in [0, 0.1) is 0 Å². The van der Waals surface area contributed by atoms with Gasteiger partial charge in [-0.2, -0.15) is 13.2 Å². The first-order chi connectivity index (χ1) is 13.0. The third-order valence-corrected chi connectivity index (χ3v) is 4.91. The summed E-state index contributed by atoms with van der Waals surface area (Å²) in [6.07, 6.45) is -3.55. The fourth-order valence-electron chi connectivity index (χ4n) is 3.52. The van der Waals surface area contributed by atoms with Crippen molar-refractivity contribution in [1.82, 2.24) is 4.90 Å². The van der Waals surface area contributed by atoms with Crippen molar-refractivity contribution in [2.45, 2.75) is 12.6 Å². The van der Waals surface area contributed by atoms with Gasteiger partial charge in [0, 0.05) is 26.2 Å². The lowest BCUT2D eigenvalue weighted by Gasteiger charge is -2.34. The molecule has 27 heavy (non-hydrogen) atoms. The molecule has 0 saturated carbocycles. The molecule has 2 aromatic rings. The van der Waals surface area contributed by atoms with E-state index in [9.17, 15) is 13.2 Å². The standard InChI is InChI=1S/C20H21F3N2O2/c21-20(22,23)15-6-7-19-17(14-15)25(16-4-1-2-5-18(16)27-19)9-3-8-24-10-12-26-13-11-24/h1-2,4-7,14H,3,8-13H2. The molecule has 0 radical (unpaired) electrons. The number of fused-ring (bicyclic) bond motifs is 2. The van der Waals surface area contributed by atoms with Crippen LogP contribution in [0.25, 0.3) is 0 Å². The largest absolute Gasteiger partial charge is 0.453 e. The molecule has 0 aliphatic carbocycles. The van der Waals surface area contributed by atoms with Gasteiger partial charge in [-0.15, -0.1) is 0 Å². The minimum Gasteiger partial charge on any atom is -0.453 e. The maximum Gasteiger partial charge on any atom is 0.416 e. The van der Waals surface area contributed by atoms with Gasteiger partial charge in [-0.3, -0.25) is 4.90 Å². The average Bonchev–Trinajstić information content (AvgIpc) is 2.67. The minimum atomic E-state index is -4.38. The van der Waals surface area contributed by atoms with Crippen LogP contribution in [-0.4, -0.2) is 44.3 Å². The molecule has 0 N–H and O–H groups in total. The summed E-state index contributed by atoms with van der Waals surface area (Å²) in [5.74, 6) is 1.12. The van der Waals surface area contributed by atoms with E-state index in [1.807, 2.05) is 29.2 Å². The van der Waals surface area contributed by atoms with E-state index in [-0.39, 0.29) is 0 Å². The smallest absolute Gasteiger partial charge is 0.416 e. The highest BCUT2D eigenvalue weighted by atomic mass is 19.4. The Kier molecular flexibility index (Phi) is 4.97. The third-order valence-electron chi connectivity index (χ3n) is 4.91. The van der Waals surface area contributed by atoms with E-state index in [2.05, 4.69) is 4.90 Å². The number of ether oxygens (including phenoxy) is 2. The number of hydrogen-bond donors (Lipinski definition) is 0. The lowest BCUT2D eigenvalue weighted by atomic mass is 10.1. The van der Waals surface area contributed by atoms with Gasteiger partial charge in [0.05, 0.1) is 30.2 Å². The van der Waals surface area contributed by atoms with E-state index in [0.29, 0.717) is 23.7 Å². The van der Waals surface area contributed by atoms with Gasteiger partial charge in [-0.25, -0.2) is 0 Å². The highest BCUT2D eigenvalue weighted by molar-refractivity contribution is 5.78. The summed E-state index contributed by atoms with van der Waals surface area (Å²) in [5.41, 5.74) is 0.596. The minimum absolute atomic E-state index is 0.452. The predicted octanol–water partition coefficient (Wildman–Crippen LogP) is 4.67. The maximum absolute atomic E-state index is 13.2. The molecule has 2 aromatic carbocycles. The van der Waals surface area contributed by atoms with Gasteiger partial charge >= 0.3 is 6.18 Å². The zero-order valence-electron chi connectivity index (χ0n) is 14.8. The van der Waals surface area contributed by atoms with E-state index in [1.165, 1.54) is 12.1 Å². The van der Waals surface area contributed by atoms with Crippen LogP contribution < -0.4 is 9.64 Å². The number of alkyl halides is 3. The summed E-state index contributed by atoms with van der Waals surface area (Å²) in [4.78, 5) is 4.26. The van der Waals surface area contributed by atoms with E-state index >= 15 is 0 Å². The summed E-state index contributed by atoms with van der Waals surface area (Å²) in [5, 5.41) is 0. The van der Waals surface area contributed by atoms with Crippen molar-refractivity contribution in [3.05, 3.63) is 48.0 Å². The van der Waals surface area contributed by atoms with Crippen LogP contribution >= 0.6 is 0 Å². The van der Waals surface area contributed by atoms with Gasteiger partial charge in [0.2, 0.25) is 0 Å². The molecule has 0 unspecified atom stereocenters. The molecular formula is C20H21F3N2O2. The molecule has 4 nitrogen and oxygen atoms in total. The Balaban J connectivity index is 1.59. The Morgan fingerprint density at radius 2 is 1.63 bits per heavy atom. The second kappa shape index (κ2) is 7.40. The van der Waals surface area contributed by atoms with E-state index in [0.717, 1.165) is 51.0 Å². The summed E-state index contributed by atoms with van der Waals surface area (Å²) in [6, 6.07) is 11.1. The third kappa shape index (κ3) is 3.89. The van der Waals surface area contributed by atoms with Crippen LogP contribution in [0.15, 0.2) is 42.5 Å². The molecule has 0 spiro atoms. The highest BCUT2D eigenvalue weighted by Crippen LogP contribution is 2.48. The number of rotatable bonds is 4. The molecule has 0 amide bonds. The zero-order chi connectivity index (χ0) is 18.9. The topological polar surface area (TPSA) is 24.9 Å². The number of para-hydroxylation sites is 2. The van der Waals surface area contributed by atoms with E-state index in [4.69, 9.17) is 9.47 Å². The SMILES string of the molecule is FC(F)(F)c1ccc2c(c1)N(CCCN1CCOCC1)c1ccccc1O2. The molecule has 0 aromatic heterocycles. The van der Waals surface area contributed by atoms with Gasteiger partial charge in [-0.1, -0.05) is 12.1 Å². The molecule has 2 aliphatic heterocycles. The fourth-order valence-corrected chi connectivity index (χ4v) is 3.52. The first-order valence-electron chi connectivity index (χ1n) is 9.08. The van der Waals surface area contributed by atoms with Crippen LogP contribution in [-0.2, 0) is 10.9 Å². The lowest BCUT2D eigenvalue weighted by molar-refractivity contribution is -0.137. The van der Waals surface area contributed by atoms with Crippen LogP contribution in [0.2, 0.25) is 0 Å². The Morgan fingerprint density at radius 3 is 2.41 bits per heavy atom. The molecule has 0 bridgehead atoms. The summed E-state index contributed by atoms with van der Waals surface area (Å²) in [6.45, 7) is 4.77. The van der Waals surface area contributed by atoms with Crippen molar-refractivity contribution >= 4 is 11.4 Å². The van der Waals surface area contributed by atoms with Crippen molar-refractivity contribution in [3.8, 4) is 11.5 Å². The average molecular weight is 378 g/mol. The first-order valence-corrected chi connectivity index (χ1v) is 9.08. The highest BCUT2D eigenvalue weighted by Gasteiger charge is 2.33. The molecule has 4 rings (SSSR count). The lowest BCUT2D eigenvalue weighted by Crippen LogP contribution is -2.38. The van der Waals surface area contributed by atoms with Gasteiger partial charge in [0.25, 0.3) is 0 Å². The molecular weight excluding hydrogens is 357 g/mol. The summed E-state index contributed by atoms with van der Waals surface area (Å²) < 4.78 is 50.8. The molecule has 7 heteroatoms. The molecule has 2 heterocycles. The summed E-state index contributed by atoms with van der Waals surface area (Å²) >= 11 is 0. The number of nitrogens with zero attached hydrogens (tertiary/aromatic N) is 2. The first kappa shape index (κ1) is 18.1. The molecule has 144 valence electrons. The second-order valence-electron chi connectivity index (χ2n) is 6.71. The number of benzene rings is 2. The normalized spacial score (nSPS) is 17.2. The van der Waals surface area contributed by atoms with Crippen molar-refractivity contribution < 1.29 is 22.6 Å². The van der Waals surface area contributed by atoms with Crippen molar-refractivity contribution in [2.75, 3.05) is 44.3 Å². The van der Waals surface area contributed by atoms with Crippen LogP contribution in [0.3, 0.4) is 0 Å². The Labute approximate surface area is 156 Å². The monoisotopic (exact) mass is 378 g/mol. The van der Waals surface area contributed by atoms with Gasteiger partial charge < -0.3 is 14.4 Å². The molecule has 2 aliphatic rings. The van der Waals surface area contributed by atoms with Crippen LogP contribution in [0.1, 0.15) is 12.0 Å². The maximum atomic E-state index is 13.2.